The van der Waals surface area contributed by atoms with Gasteiger partial charge in [0.05, 0.1) is 11.7 Å². The van der Waals surface area contributed by atoms with Crippen molar-refractivity contribution in [1.29, 1.82) is 0 Å². The Bertz CT molecular complexity index is 713. The molecule has 0 fully saturated rings. The van der Waals surface area contributed by atoms with Gasteiger partial charge in [-0.15, -0.1) is 0 Å². The van der Waals surface area contributed by atoms with E-state index in [-0.39, 0.29) is 0 Å². The molecule has 102 valence electrons. The Morgan fingerprint density at radius 1 is 1.10 bits per heavy atom. The number of hydrogen-bond acceptors (Lipinski definition) is 2. The van der Waals surface area contributed by atoms with Gasteiger partial charge in [0.1, 0.15) is 0 Å². The van der Waals surface area contributed by atoms with Gasteiger partial charge in [-0.05, 0) is 29.7 Å². The van der Waals surface area contributed by atoms with Crippen LogP contribution in [-0.2, 0) is 6.54 Å². The average molecular weight is 265 g/mol. The zero-order valence-electron chi connectivity index (χ0n) is 11.9. The molecule has 3 heteroatoms. The summed E-state index contributed by atoms with van der Waals surface area (Å²) in [6.45, 7) is 5.23. The van der Waals surface area contributed by atoms with Gasteiger partial charge in [-0.1, -0.05) is 38.1 Å². The van der Waals surface area contributed by atoms with E-state index >= 15 is 0 Å². The van der Waals surface area contributed by atoms with Crippen LogP contribution in [0.4, 0.5) is 5.69 Å². The van der Waals surface area contributed by atoms with Crippen LogP contribution in [-0.4, -0.2) is 9.61 Å². The first-order valence-corrected chi connectivity index (χ1v) is 7.00. The number of aromatic nitrogens is 2. The van der Waals surface area contributed by atoms with E-state index in [0.29, 0.717) is 5.92 Å². The third-order valence-electron chi connectivity index (χ3n) is 3.56. The van der Waals surface area contributed by atoms with E-state index in [1.54, 1.807) is 0 Å². The number of hydrogen-bond donors (Lipinski definition) is 1. The van der Waals surface area contributed by atoms with Crippen LogP contribution in [0.5, 0.6) is 0 Å². The van der Waals surface area contributed by atoms with Crippen LogP contribution in [0.3, 0.4) is 0 Å². The number of fused-ring (bicyclic) bond motifs is 1. The van der Waals surface area contributed by atoms with Gasteiger partial charge in [0.25, 0.3) is 0 Å². The molecular formula is C17H19N3. The van der Waals surface area contributed by atoms with E-state index in [1.807, 2.05) is 29.0 Å². The van der Waals surface area contributed by atoms with E-state index in [1.165, 1.54) is 16.8 Å². The summed E-state index contributed by atoms with van der Waals surface area (Å²) in [7, 11) is 0. The van der Waals surface area contributed by atoms with Crippen molar-refractivity contribution in [3.63, 3.8) is 0 Å². The van der Waals surface area contributed by atoms with Crippen molar-refractivity contribution < 1.29 is 0 Å². The van der Waals surface area contributed by atoms with Crippen molar-refractivity contribution in [2.75, 3.05) is 5.32 Å². The molecule has 3 aromatic rings. The summed E-state index contributed by atoms with van der Waals surface area (Å²) >= 11 is 0. The van der Waals surface area contributed by atoms with Crippen LogP contribution >= 0.6 is 0 Å². The standard InChI is InChI=1S/C17H19N3/c1-13(2)15-7-3-4-8-16(15)18-11-14-12-19-20-10-6-5-9-17(14)20/h3-10,12-13,18H,11H2,1-2H3. The largest absolute Gasteiger partial charge is 0.381 e. The maximum Gasteiger partial charge on any atom is 0.0711 e. The Balaban J connectivity index is 1.83. The zero-order valence-corrected chi connectivity index (χ0v) is 11.9. The number of nitrogens with one attached hydrogen (secondary N) is 1. The summed E-state index contributed by atoms with van der Waals surface area (Å²) < 4.78 is 1.91. The van der Waals surface area contributed by atoms with Crippen molar-refractivity contribution in [2.45, 2.75) is 26.3 Å². The molecule has 0 amide bonds. The van der Waals surface area contributed by atoms with Gasteiger partial charge in [-0.2, -0.15) is 5.10 Å². The minimum Gasteiger partial charge on any atom is -0.381 e. The molecule has 0 bridgehead atoms. The van der Waals surface area contributed by atoms with Crippen LogP contribution in [0.2, 0.25) is 0 Å². The number of benzene rings is 1. The van der Waals surface area contributed by atoms with Gasteiger partial charge in [-0.25, -0.2) is 4.52 Å². The Morgan fingerprint density at radius 3 is 2.75 bits per heavy atom. The lowest BCUT2D eigenvalue weighted by Gasteiger charge is -2.14. The monoisotopic (exact) mass is 265 g/mol. The minimum absolute atomic E-state index is 0.516. The van der Waals surface area contributed by atoms with E-state index in [0.717, 1.165) is 12.1 Å². The molecule has 0 aliphatic carbocycles. The number of para-hydroxylation sites is 1. The highest BCUT2D eigenvalue weighted by molar-refractivity contribution is 5.57. The number of pyridine rings is 1. The predicted molar refractivity (Wildman–Crippen MR) is 83.0 cm³/mol. The highest BCUT2D eigenvalue weighted by Crippen LogP contribution is 2.24. The molecule has 3 nitrogen and oxygen atoms in total. The molecule has 0 unspecified atom stereocenters. The normalized spacial score (nSPS) is 11.2. The van der Waals surface area contributed by atoms with Crippen LogP contribution < -0.4 is 5.32 Å². The smallest absolute Gasteiger partial charge is 0.0711 e. The molecular weight excluding hydrogens is 246 g/mol. The van der Waals surface area contributed by atoms with Crippen LogP contribution in [0, 0.1) is 0 Å². The molecule has 1 N–H and O–H groups in total. The van der Waals surface area contributed by atoms with Crippen LogP contribution in [0.1, 0.15) is 30.9 Å². The molecule has 0 atom stereocenters. The summed E-state index contributed by atoms with van der Waals surface area (Å²) in [6.07, 6.45) is 3.90. The Kier molecular flexibility index (Phi) is 3.42. The summed E-state index contributed by atoms with van der Waals surface area (Å²) in [5.74, 6) is 0.516. The molecule has 0 aliphatic rings. The van der Waals surface area contributed by atoms with Gasteiger partial charge < -0.3 is 5.32 Å². The predicted octanol–water partition coefficient (Wildman–Crippen LogP) is 4.07. The number of rotatable bonds is 4. The molecule has 0 radical (unpaired) electrons. The first-order chi connectivity index (χ1) is 9.75. The molecule has 0 saturated heterocycles. The fraction of sp³-hybridized carbons (Fsp3) is 0.235. The van der Waals surface area contributed by atoms with Crippen molar-refractivity contribution in [2.24, 2.45) is 0 Å². The van der Waals surface area contributed by atoms with Gasteiger partial charge in [-0.3, -0.25) is 0 Å². The van der Waals surface area contributed by atoms with Gasteiger partial charge >= 0.3 is 0 Å². The van der Waals surface area contributed by atoms with E-state index in [4.69, 9.17) is 0 Å². The SMILES string of the molecule is CC(C)c1ccccc1NCc1cnn2ccccc12. The first-order valence-electron chi connectivity index (χ1n) is 7.00. The second-order valence-corrected chi connectivity index (χ2v) is 5.30. The maximum absolute atomic E-state index is 4.37. The zero-order chi connectivity index (χ0) is 13.9. The lowest BCUT2D eigenvalue weighted by molar-refractivity contribution is 0.865. The van der Waals surface area contributed by atoms with Gasteiger partial charge in [0, 0.05) is 24.0 Å². The summed E-state index contributed by atoms with van der Waals surface area (Å²) in [6, 6.07) is 14.6. The molecule has 0 saturated carbocycles. The lowest BCUT2D eigenvalue weighted by Crippen LogP contribution is -2.03. The summed E-state index contributed by atoms with van der Waals surface area (Å²) in [5, 5.41) is 7.90. The first kappa shape index (κ1) is 12.7. The Morgan fingerprint density at radius 2 is 1.90 bits per heavy atom. The van der Waals surface area contributed by atoms with Crippen molar-refractivity contribution in [3.05, 3.63) is 66.0 Å². The Labute approximate surface area is 119 Å². The van der Waals surface area contributed by atoms with E-state index < -0.39 is 0 Å². The van der Waals surface area contributed by atoms with Gasteiger partial charge in [0.2, 0.25) is 0 Å². The molecule has 1 aromatic carbocycles. The second kappa shape index (κ2) is 5.37. The highest BCUT2D eigenvalue weighted by Gasteiger charge is 2.07. The summed E-state index contributed by atoms with van der Waals surface area (Å²) in [5.41, 5.74) is 4.92. The van der Waals surface area contributed by atoms with E-state index in [9.17, 15) is 0 Å². The molecule has 0 spiro atoms. The van der Waals surface area contributed by atoms with Crippen molar-refractivity contribution in [1.82, 2.24) is 9.61 Å². The Hall–Kier alpha value is -2.29. The van der Waals surface area contributed by atoms with Crippen LogP contribution in [0.15, 0.2) is 54.9 Å². The van der Waals surface area contributed by atoms with Crippen molar-refractivity contribution in [3.8, 4) is 0 Å². The van der Waals surface area contributed by atoms with Crippen molar-refractivity contribution >= 4 is 11.2 Å². The minimum atomic E-state index is 0.516. The number of nitrogens with zero attached hydrogens (tertiary/aromatic N) is 2. The molecule has 0 aliphatic heterocycles. The molecule has 2 heterocycles. The number of anilines is 1. The van der Waals surface area contributed by atoms with E-state index in [2.05, 4.69) is 54.6 Å². The van der Waals surface area contributed by atoms with Gasteiger partial charge in [0.15, 0.2) is 0 Å². The topological polar surface area (TPSA) is 29.3 Å². The third-order valence-corrected chi connectivity index (χ3v) is 3.56. The fourth-order valence-corrected chi connectivity index (χ4v) is 2.48. The second-order valence-electron chi connectivity index (χ2n) is 5.30. The average Bonchev–Trinajstić information content (AvgIpc) is 2.88. The van der Waals surface area contributed by atoms with Crippen LogP contribution in [0.25, 0.3) is 5.52 Å². The lowest BCUT2D eigenvalue weighted by atomic mass is 10.0. The third kappa shape index (κ3) is 2.39. The molecule has 2 aromatic heterocycles. The molecule has 3 rings (SSSR count). The summed E-state index contributed by atoms with van der Waals surface area (Å²) in [4.78, 5) is 0. The quantitative estimate of drug-likeness (QED) is 0.770. The maximum atomic E-state index is 4.37. The fourth-order valence-electron chi connectivity index (χ4n) is 2.48. The molecule has 20 heavy (non-hydrogen) atoms. The highest BCUT2D eigenvalue weighted by atomic mass is 15.2.